The van der Waals surface area contributed by atoms with Gasteiger partial charge in [0.25, 0.3) is 0 Å². The Kier molecular flexibility index (Phi) is 3.69. The van der Waals surface area contributed by atoms with Crippen LogP contribution < -0.4 is 11.1 Å². The lowest BCUT2D eigenvalue weighted by molar-refractivity contribution is 0.269. The van der Waals surface area contributed by atoms with Crippen LogP contribution in [0.5, 0.6) is 0 Å². The van der Waals surface area contributed by atoms with Crippen LogP contribution in [0, 0.1) is 0 Å². The average Bonchev–Trinajstić information content (AvgIpc) is 2.99. The summed E-state index contributed by atoms with van der Waals surface area (Å²) >= 11 is 0. The molecule has 2 aromatic rings. The molecule has 1 unspecified atom stereocenters. The summed E-state index contributed by atoms with van der Waals surface area (Å²) in [7, 11) is 0. The molecule has 1 fully saturated rings. The van der Waals surface area contributed by atoms with Crippen molar-refractivity contribution in [1.29, 1.82) is 0 Å². The van der Waals surface area contributed by atoms with Crippen LogP contribution in [0.3, 0.4) is 0 Å². The minimum Gasteiger partial charge on any atom is -0.399 e. The van der Waals surface area contributed by atoms with Gasteiger partial charge in [0.1, 0.15) is 12.1 Å². The minimum absolute atomic E-state index is 0.517. The van der Waals surface area contributed by atoms with E-state index in [1.165, 1.54) is 25.9 Å². The number of nitrogens with one attached hydrogen (secondary N) is 1. The van der Waals surface area contributed by atoms with Gasteiger partial charge in [0.2, 0.25) is 0 Å². The maximum atomic E-state index is 5.86. The Hall–Kier alpha value is -1.88. The Labute approximate surface area is 119 Å². The maximum absolute atomic E-state index is 5.86. The zero-order chi connectivity index (χ0) is 13.9. The molecule has 1 atom stereocenters. The molecule has 0 spiro atoms. The van der Waals surface area contributed by atoms with Crippen molar-refractivity contribution in [2.45, 2.75) is 25.8 Å². The third-order valence-corrected chi connectivity index (χ3v) is 3.99. The van der Waals surface area contributed by atoms with Crippen LogP contribution in [0.25, 0.3) is 10.9 Å². The Morgan fingerprint density at radius 1 is 1.30 bits per heavy atom. The van der Waals surface area contributed by atoms with Gasteiger partial charge in [-0.2, -0.15) is 0 Å². The van der Waals surface area contributed by atoms with Crippen molar-refractivity contribution in [2.24, 2.45) is 0 Å². The Bertz CT molecular complexity index is 592. The molecule has 3 rings (SSSR count). The van der Waals surface area contributed by atoms with Crippen LogP contribution in [0.1, 0.15) is 19.8 Å². The molecule has 106 valence electrons. The van der Waals surface area contributed by atoms with Gasteiger partial charge in [0, 0.05) is 23.7 Å². The van der Waals surface area contributed by atoms with Gasteiger partial charge in [-0.05, 0) is 51.1 Å². The molecule has 1 aliphatic heterocycles. The van der Waals surface area contributed by atoms with E-state index in [0.717, 1.165) is 29.0 Å². The molecule has 5 heteroatoms. The van der Waals surface area contributed by atoms with Crippen LogP contribution in [0.2, 0.25) is 0 Å². The first-order chi connectivity index (χ1) is 9.74. The molecule has 0 radical (unpaired) electrons. The van der Waals surface area contributed by atoms with Crippen LogP contribution in [-0.2, 0) is 0 Å². The van der Waals surface area contributed by atoms with Crippen molar-refractivity contribution in [1.82, 2.24) is 14.9 Å². The molecule has 1 saturated heterocycles. The summed E-state index contributed by atoms with van der Waals surface area (Å²) < 4.78 is 0. The fourth-order valence-electron chi connectivity index (χ4n) is 2.77. The quantitative estimate of drug-likeness (QED) is 0.834. The molecule has 1 aromatic heterocycles. The second-order valence-corrected chi connectivity index (χ2v) is 5.47. The van der Waals surface area contributed by atoms with E-state index in [4.69, 9.17) is 5.73 Å². The average molecular weight is 271 g/mol. The Balaban J connectivity index is 1.75. The van der Waals surface area contributed by atoms with Crippen LogP contribution in [0.4, 0.5) is 11.5 Å². The lowest BCUT2D eigenvalue weighted by atomic mass is 10.2. The number of fused-ring (bicyclic) bond motifs is 1. The summed E-state index contributed by atoms with van der Waals surface area (Å²) in [6.07, 6.45) is 4.23. The highest BCUT2D eigenvalue weighted by atomic mass is 15.2. The standard InChI is InChI=1S/C15H21N5/c1-11(20-6-2-3-7-20)9-17-15-13-8-12(16)4-5-14(13)18-10-19-15/h4-5,8,10-11H,2-3,6-7,9,16H2,1H3,(H,17,18,19). The monoisotopic (exact) mass is 271 g/mol. The molecule has 3 N–H and O–H groups in total. The number of rotatable bonds is 4. The molecule has 0 saturated carbocycles. The molecule has 0 bridgehead atoms. The second kappa shape index (κ2) is 5.63. The Morgan fingerprint density at radius 3 is 2.90 bits per heavy atom. The minimum atomic E-state index is 0.517. The number of nitrogen functional groups attached to an aromatic ring is 1. The van der Waals surface area contributed by atoms with Crippen molar-refractivity contribution in [2.75, 3.05) is 30.7 Å². The van der Waals surface area contributed by atoms with Crippen molar-refractivity contribution in [3.05, 3.63) is 24.5 Å². The summed E-state index contributed by atoms with van der Waals surface area (Å²) in [5.74, 6) is 0.869. The number of benzene rings is 1. The fourth-order valence-corrected chi connectivity index (χ4v) is 2.77. The number of anilines is 2. The van der Waals surface area contributed by atoms with Crippen molar-refractivity contribution in [3.63, 3.8) is 0 Å². The molecule has 0 aliphatic carbocycles. The number of nitrogens with two attached hydrogens (primary N) is 1. The topological polar surface area (TPSA) is 67.1 Å². The molecular weight excluding hydrogens is 250 g/mol. The van der Waals surface area contributed by atoms with Gasteiger partial charge in [-0.15, -0.1) is 0 Å². The first kappa shape index (κ1) is 13.1. The summed E-state index contributed by atoms with van der Waals surface area (Å²) in [5.41, 5.74) is 7.52. The van der Waals surface area contributed by atoms with Crippen molar-refractivity contribution >= 4 is 22.4 Å². The van der Waals surface area contributed by atoms with Crippen LogP contribution in [0.15, 0.2) is 24.5 Å². The predicted octanol–water partition coefficient (Wildman–Crippen LogP) is 2.11. The van der Waals surface area contributed by atoms with E-state index in [1.54, 1.807) is 6.33 Å². The molecular formula is C15H21N5. The summed E-state index contributed by atoms with van der Waals surface area (Å²) in [5, 5.41) is 4.43. The van der Waals surface area contributed by atoms with Gasteiger partial charge in [0.15, 0.2) is 0 Å². The number of hydrogen-bond acceptors (Lipinski definition) is 5. The van der Waals surface area contributed by atoms with E-state index in [-0.39, 0.29) is 0 Å². The van der Waals surface area contributed by atoms with E-state index >= 15 is 0 Å². The molecule has 0 amide bonds. The van der Waals surface area contributed by atoms with E-state index < -0.39 is 0 Å². The lowest BCUT2D eigenvalue weighted by Crippen LogP contribution is -2.35. The zero-order valence-electron chi connectivity index (χ0n) is 11.8. The third-order valence-electron chi connectivity index (χ3n) is 3.99. The van der Waals surface area contributed by atoms with E-state index in [1.807, 2.05) is 18.2 Å². The maximum Gasteiger partial charge on any atom is 0.137 e. The van der Waals surface area contributed by atoms with Gasteiger partial charge >= 0.3 is 0 Å². The normalized spacial score (nSPS) is 17.4. The highest BCUT2D eigenvalue weighted by Crippen LogP contribution is 2.22. The summed E-state index contributed by atoms with van der Waals surface area (Å²) in [4.78, 5) is 11.1. The third kappa shape index (κ3) is 2.67. The molecule has 1 aromatic carbocycles. The largest absolute Gasteiger partial charge is 0.399 e. The zero-order valence-corrected chi connectivity index (χ0v) is 11.8. The predicted molar refractivity (Wildman–Crippen MR) is 82.7 cm³/mol. The summed E-state index contributed by atoms with van der Waals surface area (Å²) in [6, 6.07) is 6.24. The van der Waals surface area contributed by atoms with E-state index in [2.05, 4.69) is 27.1 Å². The number of hydrogen-bond donors (Lipinski definition) is 2. The molecule has 20 heavy (non-hydrogen) atoms. The number of likely N-dealkylation sites (tertiary alicyclic amines) is 1. The SMILES string of the molecule is CC(CNc1ncnc2ccc(N)cc12)N1CCCC1. The van der Waals surface area contributed by atoms with Crippen LogP contribution in [-0.4, -0.2) is 40.5 Å². The summed E-state index contributed by atoms with van der Waals surface area (Å²) in [6.45, 7) is 5.57. The fraction of sp³-hybridized carbons (Fsp3) is 0.467. The Morgan fingerprint density at radius 2 is 2.10 bits per heavy atom. The highest BCUT2D eigenvalue weighted by Gasteiger charge is 2.18. The highest BCUT2D eigenvalue weighted by molar-refractivity contribution is 5.91. The van der Waals surface area contributed by atoms with Gasteiger partial charge in [0.05, 0.1) is 5.52 Å². The lowest BCUT2D eigenvalue weighted by Gasteiger charge is -2.24. The van der Waals surface area contributed by atoms with E-state index in [9.17, 15) is 0 Å². The van der Waals surface area contributed by atoms with Gasteiger partial charge < -0.3 is 11.1 Å². The van der Waals surface area contributed by atoms with Gasteiger partial charge in [-0.1, -0.05) is 0 Å². The number of aromatic nitrogens is 2. The second-order valence-electron chi connectivity index (χ2n) is 5.47. The van der Waals surface area contributed by atoms with Crippen molar-refractivity contribution < 1.29 is 0 Å². The number of nitrogens with zero attached hydrogens (tertiary/aromatic N) is 3. The van der Waals surface area contributed by atoms with E-state index in [0.29, 0.717) is 6.04 Å². The van der Waals surface area contributed by atoms with Crippen molar-refractivity contribution in [3.8, 4) is 0 Å². The van der Waals surface area contributed by atoms with Gasteiger partial charge in [-0.3, -0.25) is 4.90 Å². The molecule has 1 aliphatic rings. The smallest absolute Gasteiger partial charge is 0.137 e. The first-order valence-corrected chi connectivity index (χ1v) is 7.22. The molecule has 5 nitrogen and oxygen atoms in total. The van der Waals surface area contributed by atoms with Crippen LogP contribution >= 0.6 is 0 Å². The molecule has 2 heterocycles. The van der Waals surface area contributed by atoms with Gasteiger partial charge in [-0.25, -0.2) is 9.97 Å². The first-order valence-electron chi connectivity index (χ1n) is 7.22.